The number of carbonyl (C=O) groups excluding carboxylic acids is 2. The molecule has 0 saturated carbocycles. The van der Waals surface area contributed by atoms with Gasteiger partial charge in [-0.3, -0.25) is 4.79 Å². The Hall–Kier alpha value is -2.33. The van der Waals surface area contributed by atoms with E-state index >= 15 is 0 Å². The molecule has 1 atom stereocenters. The number of rotatable bonds is 6. The molecule has 160 valence electrons. The topological polar surface area (TPSA) is 67.4 Å². The Morgan fingerprint density at radius 3 is 2.40 bits per heavy atom. The van der Waals surface area contributed by atoms with Crippen molar-refractivity contribution >= 4 is 55.6 Å². The molecule has 10 heteroatoms. The first-order chi connectivity index (χ1) is 14.1. The Morgan fingerprint density at radius 1 is 1.13 bits per heavy atom. The first-order valence-electron chi connectivity index (χ1n) is 8.58. The number of hydrogen-bond donors (Lipinski definition) is 2. The minimum absolute atomic E-state index is 0.0167. The number of nitrogens with one attached hydrogen (secondary N) is 2. The summed E-state index contributed by atoms with van der Waals surface area (Å²) >= 11 is 6.27. The predicted molar refractivity (Wildman–Crippen MR) is 115 cm³/mol. The molecule has 0 saturated heterocycles. The summed E-state index contributed by atoms with van der Waals surface area (Å²) in [6.07, 6.45) is -3.91. The molecule has 5 nitrogen and oxygen atoms in total. The first-order valence-corrected chi connectivity index (χ1v) is 10.2. The zero-order valence-corrected chi connectivity index (χ0v) is 18.8. The summed E-state index contributed by atoms with van der Waals surface area (Å²) in [6, 6.07) is 10.9. The van der Waals surface area contributed by atoms with Crippen LogP contribution in [0.2, 0.25) is 0 Å². The van der Waals surface area contributed by atoms with Crippen LogP contribution in [0.25, 0.3) is 6.08 Å². The van der Waals surface area contributed by atoms with E-state index in [9.17, 15) is 22.8 Å². The van der Waals surface area contributed by atoms with E-state index in [4.69, 9.17) is 4.74 Å². The third kappa shape index (κ3) is 7.49. The van der Waals surface area contributed by atoms with Crippen molar-refractivity contribution in [3.63, 3.8) is 0 Å². The molecule has 2 aromatic rings. The van der Waals surface area contributed by atoms with Crippen LogP contribution in [0.5, 0.6) is 0 Å². The molecule has 2 amide bonds. The second-order valence-corrected chi connectivity index (χ2v) is 8.92. The summed E-state index contributed by atoms with van der Waals surface area (Å²) in [7, 11) is 0. The van der Waals surface area contributed by atoms with E-state index < -0.39 is 29.8 Å². The summed E-state index contributed by atoms with van der Waals surface area (Å²) in [5.74, 6) is -0.702. The van der Waals surface area contributed by atoms with E-state index in [0.29, 0.717) is 8.96 Å². The van der Waals surface area contributed by atoms with Gasteiger partial charge in [0, 0.05) is 5.69 Å². The highest BCUT2D eigenvalue weighted by Crippen LogP contribution is 2.33. The van der Waals surface area contributed by atoms with E-state index in [1.165, 1.54) is 19.1 Å². The largest absolute Gasteiger partial charge is 0.445 e. The third-order valence-electron chi connectivity index (χ3n) is 3.84. The van der Waals surface area contributed by atoms with Crippen molar-refractivity contribution in [3.05, 3.63) is 68.6 Å². The van der Waals surface area contributed by atoms with Gasteiger partial charge in [0.15, 0.2) is 0 Å². The number of ether oxygens (including phenoxy) is 1. The molecule has 0 bridgehead atoms. The highest BCUT2D eigenvalue weighted by atomic mass is 79.9. The highest BCUT2D eigenvalue weighted by Gasteiger charge is 2.31. The van der Waals surface area contributed by atoms with Crippen LogP contribution in [0.4, 0.5) is 23.7 Å². The Labute approximate surface area is 187 Å². The summed E-state index contributed by atoms with van der Waals surface area (Å²) in [4.78, 5) is 24.3. The molecule has 0 spiro atoms. The summed E-state index contributed by atoms with van der Waals surface area (Å²) in [5.41, 5.74) is 0.130. The molecule has 0 heterocycles. The molecule has 0 fully saturated rings. The summed E-state index contributed by atoms with van der Waals surface area (Å²) < 4.78 is 44.6. The number of alkyl halides is 3. The Kier molecular flexibility index (Phi) is 8.48. The van der Waals surface area contributed by atoms with Crippen LogP contribution in [-0.2, 0) is 22.3 Å². The van der Waals surface area contributed by atoms with Gasteiger partial charge in [-0.1, -0.05) is 36.4 Å². The van der Waals surface area contributed by atoms with Crippen molar-refractivity contribution in [2.75, 3.05) is 5.32 Å². The number of carbonyl (C=O) groups is 2. The van der Waals surface area contributed by atoms with Crippen molar-refractivity contribution in [2.45, 2.75) is 25.7 Å². The Balaban J connectivity index is 2.06. The van der Waals surface area contributed by atoms with Gasteiger partial charge in [-0.2, -0.15) is 13.2 Å². The molecule has 2 N–H and O–H groups in total. The van der Waals surface area contributed by atoms with Gasteiger partial charge in [0.2, 0.25) is 5.91 Å². The van der Waals surface area contributed by atoms with Crippen LogP contribution in [0.3, 0.4) is 0 Å². The molecule has 0 aliphatic rings. The number of anilines is 1. The van der Waals surface area contributed by atoms with E-state index in [1.54, 1.807) is 24.3 Å². The lowest BCUT2D eigenvalue weighted by Gasteiger charge is -2.17. The fraction of sp³-hybridized carbons (Fsp3) is 0.200. The van der Waals surface area contributed by atoms with E-state index in [1.807, 2.05) is 6.07 Å². The van der Waals surface area contributed by atoms with Gasteiger partial charge in [0.25, 0.3) is 0 Å². The van der Waals surface area contributed by atoms with Gasteiger partial charge in [-0.05, 0) is 68.1 Å². The monoisotopic (exact) mass is 548 g/mol. The molecule has 0 aromatic heterocycles. The second kappa shape index (κ2) is 10.6. The van der Waals surface area contributed by atoms with Crippen molar-refractivity contribution in [1.82, 2.24) is 5.32 Å². The van der Waals surface area contributed by atoms with Gasteiger partial charge in [-0.15, -0.1) is 0 Å². The van der Waals surface area contributed by atoms with Crippen molar-refractivity contribution in [1.29, 1.82) is 0 Å². The maximum absolute atomic E-state index is 13.0. The number of alkyl carbamates (subject to hydrolysis) is 1. The van der Waals surface area contributed by atoms with Crippen molar-refractivity contribution in [2.24, 2.45) is 0 Å². The van der Waals surface area contributed by atoms with Crippen LogP contribution < -0.4 is 10.6 Å². The maximum atomic E-state index is 13.0. The standard InChI is InChI=1S/C20H17Br2F3N2O3/c1-12(26-19(29)30-11-13-5-3-2-4-6-13)18(28)27-16-10-15(20(23,24)25)8-7-14(16)9-17(21)22/h2-10,12H,11H2,1H3,(H,26,29)(H,27,28)/t12-/m0/s1. The number of halogens is 5. The number of amides is 2. The fourth-order valence-electron chi connectivity index (χ4n) is 2.33. The molecule has 0 unspecified atom stereocenters. The second-order valence-electron chi connectivity index (χ2n) is 6.15. The molecule has 30 heavy (non-hydrogen) atoms. The zero-order chi connectivity index (χ0) is 22.3. The van der Waals surface area contributed by atoms with E-state index in [2.05, 4.69) is 42.5 Å². The Morgan fingerprint density at radius 2 is 1.80 bits per heavy atom. The van der Waals surface area contributed by atoms with Crippen LogP contribution in [0.1, 0.15) is 23.6 Å². The average Bonchev–Trinajstić information content (AvgIpc) is 2.67. The molecule has 2 aromatic carbocycles. The SMILES string of the molecule is C[C@H](NC(=O)OCc1ccccc1)C(=O)Nc1cc(C(F)(F)F)ccc1C=C(Br)Br. The quantitative estimate of drug-likeness (QED) is 0.461. The van der Waals surface area contributed by atoms with E-state index in [0.717, 1.165) is 17.7 Å². The van der Waals surface area contributed by atoms with Gasteiger partial charge < -0.3 is 15.4 Å². The number of benzene rings is 2. The van der Waals surface area contributed by atoms with Crippen LogP contribution in [0.15, 0.2) is 51.9 Å². The van der Waals surface area contributed by atoms with Crippen molar-refractivity contribution in [3.8, 4) is 0 Å². The maximum Gasteiger partial charge on any atom is 0.416 e. The van der Waals surface area contributed by atoms with Gasteiger partial charge in [0.05, 0.1) is 8.96 Å². The lowest BCUT2D eigenvalue weighted by molar-refractivity contribution is -0.137. The minimum atomic E-state index is -4.57. The third-order valence-corrected chi connectivity index (χ3v) is 4.30. The highest BCUT2D eigenvalue weighted by molar-refractivity contribution is 9.28. The van der Waals surface area contributed by atoms with Crippen LogP contribution >= 0.6 is 31.9 Å². The zero-order valence-electron chi connectivity index (χ0n) is 15.6. The molecule has 0 aliphatic heterocycles. The number of hydrogen-bond acceptors (Lipinski definition) is 3. The smallest absolute Gasteiger partial charge is 0.416 e. The fourth-order valence-corrected chi connectivity index (χ4v) is 2.83. The summed E-state index contributed by atoms with van der Waals surface area (Å²) in [6.45, 7) is 1.41. The van der Waals surface area contributed by atoms with Crippen molar-refractivity contribution < 1.29 is 27.5 Å². The van der Waals surface area contributed by atoms with Crippen LogP contribution in [-0.4, -0.2) is 18.0 Å². The van der Waals surface area contributed by atoms with Gasteiger partial charge in [-0.25, -0.2) is 4.79 Å². The molecular weight excluding hydrogens is 533 g/mol. The minimum Gasteiger partial charge on any atom is -0.445 e. The molecule has 0 radical (unpaired) electrons. The Bertz CT molecular complexity index is 931. The first kappa shape index (κ1) is 23.9. The average molecular weight is 550 g/mol. The molecule has 2 rings (SSSR count). The van der Waals surface area contributed by atoms with E-state index in [-0.39, 0.29) is 12.3 Å². The normalized spacial score (nSPS) is 11.9. The lowest BCUT2D eigenvalue weighted by Crippen LogP contribution is -2.41. The lowest BCUT2D eigenvalue weighted by atomic mass is 10.1. The molecular formula is C20H17Br2F3N2O3. The predicted octanol–water partition coefficient (Wildman–Crippen LogP) is 6.05. The molecule has 0 aliphatic carbocycles. The summed E-state index contributed by atoms with van der Waals surface area (Å²) in [5, 5.41) is 4.76. The van der Waals surface area contributed by atoms with Gasteiger partial charge >= 0.3 is 12.3 Å². The van der Waals surface area contributed by atoms with Crippen LogP contribution in [0, 0.1) is 0 Å². The van der Waals surface area contributed by atoms with Gasteiger partial charge in [0.1, 0.15) is 12.6 Å².